The smallest absolute Gasteiger partial charge is 0.295 e. The molecule has 1 unspecified atom stereocenters. The van der Waals surface area contributed by atoms with Gasteiger partial charge in [-0.1, -0.05) is 42.5 Å². The van der Waals surface area contributed by atoms with E-state index in [-0.39, 0.29) is 11.3 Å². The molecule has 0 bridgehead atoms. The third-order valence-electron chi connectivity index (χ3n) is 6.93. The summed E-state index contributed by atoms with van der Waals surface area (Å²) < 4.78 is 11.7. The topological polar surface area (TPSA) is 79.3 Å². The number of hydrogen-bond acceptors (Lipinski definition) is 6. The van der Waals surface area contributed by atoms with Crippen molar-refractivity contribution in [2.45, 2.75) is 25.5 Å². The van der Waals surface area contributed by atoms with E-state index in [4.69, 9.17) is 9.47 Å². The minimum absolute atomic E-state index is 0.0886. The molecule has 2 aliphatic rings. The summed E-state index contributed by atoms with van der Waals surface area (Å²) in [6, 6.07) is 21.9. The van der Waals surface area contributed by atoms with Crippen molar-refractivity contribution < 1.29 is 24.2 Å². The lowest BCUT2D eigenvalue weighted by molar-refractivity contribution is -0.140. The Balaban J connectivity index is 1.53. The van der Waals surface area contributed by atoms with Gasteiger partial charge in [0, 0.05) is 18.7 Å². The first kappa shape index (κ1) is 25.5. The molecule has 0 aromatic heterocycles. The predicted molar refractivity (Wildman–Crippen MR) is 145 cm³/mol. The average Bonchev–Trinajstić information content (AvgIpc) is 3.20. The molecule has 1 N–H and O–H groups in total. The number of carbonyl (C=O) groups is 2. The summed E-state index contributed by atoms with van der Waals surface area (Å²) in [5, 5.41) is 11.5. The van der Waals surface area contributed by atoms with E-state index in [0.29, 0.717) is 43.2 Å². The van der Waals surface area contributed by atoms with Gasteiger partial charge in [-0.25, -0.2) is 0 Å². The Labute approximate surface area is 222 Å². The highest BCUT2D eigenvalue weighted by molar-refractivity contribution is 6.46. The molecule has 2 heterocycles. The molecule has 7 heteroatoms. The molecule has 1 fully saturated rings. The third-order valence-corrected chi connectivity index (χ3v) is 6.93. The Morgan fingerprint density at radius 1 is 1.05 bits per heavy atom. The molecular formula is C31H32N2O5. The summed E-state index contributed by atoms with van der Waals surface area (Å²) >= 11 is 0. The number of nitrogens with zero attached hydrogens (tertiary/aromatic N) is 2. The van der Waals surface area contributed by atoms with Crippen LogP contribution in [0.15, 0.2) is 78.4 Å². The van der Waals surface area contributed by atoms with Crippen LogP contribution in [0.4, 0.5) is 0 Å². The van der Waals surface area contributed by atoms with Gasteiger partial charge in [-0.05, 0) is 74.0 Å². The summed E-state index contributed by atoms with van der Waals surface area (Å²) in [6.45, 7) is 1.97. The molecule has 3 aromatic rings. The van der Waals surface area contributed by atoms with Crippen molar-refractivity contribution in [2.75, 3.05) is 33.8 Å². The number of hydrogen-bond donors (Lipinski definition) is 1. The average molecular weight is 513 g/mol. The molecule has 7 nitrogen and oxygen atoms in total. The highest BCUT2D eigenvalue weighted by atomic mass is 16.5. The number of likely N-dealkylation sites (N-methyl/N-ethyl adjacent to an activating group) is 1. The van der Waals surface area contributed by atoms with Crippen LogP contribution in [0.2, 0.25) is 0 Å². The fourth-order valence-corrected chi connectivity index (χ4v) is 4.94. The zero-order valence-electron chi connectivity index (χ0n) is 21.7. The second-order valence-electron chi connectivity index (χ2n) is 9.92. The van der Waals surface area contributed by atoms with Crippen molar-refractivity contribution in [1.29, 1.82) is 0 Å². The van der Waals surface area contributed by atoms with E-state index in [1.165, 1.54) is 0 Å². The molecule has 0 radical (unpaired) electrons. The normalized spacial score (nSPS) is 18.4. The Bertz CT molecular complexity index is 1370. The van der Waals surface area contributed by atoms with Crippen LogP contribution in [-0.2, 0) is 22.6 Å². The van der Waals surface area contributed by atoms with Gasteiger partial charge in [-0.15, -0.1) is 0 Å². The maximum atomic E-state index is 13.4. The van der Waals surface area contributed by atoms with Gasteiger partial charge in [0.05, 0.1) is 18.2 Å². The van der Waals surface area contributed by atoms with Crippen molar-refractivity contribution in [3.63, 3.8) is 0 Å². The Morgan fingerprint density at radius 2 is 1.87 bits per heavy atom. The van der Waals surface area contributed by atoms with Gasteiger partial charge in [-0.2, -0.15) is 0 Å². The van der Waals surface area contributed by atoms with Crippen LogP contribution in [0.5, 0.6) is 11.5 Å². The van der Waals surface area contributed by atoms with Gasteiger partial charge in [0.15, 0.2) is 0 Å². The molecule has 1 amide bonds. The largest absolute Gasteiger partial charge is 0.507 e. The van der Waals surface area contributed by atoms with Crippen molar-refractivity contribution in [3.05, 3.63) is 101 Å². The molecule has 5 rings (SSSR count). The molecule has 0 aliphatic carbocycles. The molecule has 38 heavy (non-hydrogen) atoms. The fraction of sp³-hybridized carbons (Fsp3) is 0.290. The molecule has 1 saturated heterocycles. The number of aliphatic hydroxyl groups is 1. The van der Waals surface area contributed by atoms with Gasteiger partial charge in [-0.3, -0.25) is 9.59 Å². The van der Waals surface area contributed by atoms with Gasteiger partial charge in [0.25, 0.3) is 11.7 Å². The predicted octanol–water partition coefficient (Wildman–Crippen LogP) is 4.57. The molecule has 3 aromatic carbocycles. The van der Waals surface area contributed by atoms with Crippen LogP contribution < -0.4 is 9.47 Å². The first-order valence-corrected chi connectivity index (χ1v) is 12.9. The van der Waals surface area contributed by atoms with Crippen molar-refractivity contribution in [1.82, 2.24) is 9.80 Å². The third kappa shape index (κ3) is 5.29. The van der Waals surface area contributed by atoms with Crippen LogP contribution in [-0.4, -0.2) is 60.4 Å². The number of Topliss-reactive ketones (excluding diaryl/α,β-unsaturated/α-hetero) is 1. The molecule has 2 aliphatic heterocycles. The monoisotopic (exact) mass is 512 g/mol. The number of carbonyl (C=O) groups excluding carboxylic acids is 2. The molecule has 0 saturated carbocycles. The van der Waals surface area contributed by atoms with Crippen LogP contribution in [0.1, 0.15) is 34.7 Å². The number of ether oxygens (including phenoxy) is 2. The van der Waals surface area contributed by atoms with Crippen LogP contribution in [0, 0.1) is 0 Å². The number of aryl methyl sites for hydroxylation is 1. The maximum absolute atomic E-state index is 13.4. The number of fused-ring (bicyclic) bond motifs is 1. The summed E-state index contributed by atoms with van der Waals surface area (Å²) in [5.74, 6) is -0.0645. The molecular weight excluding hydrogens is 480 g/mol. The van der Waals surface area contributed by atoms with Crippen LogP contribution >= 0.6 is 0 Å². The first-order valence-electron chi connectivity index (χ1n) is 12.9. The van der Waals surface area contributed by atoms with E-state index in [1.807, 2.05) is 85.7 Å². The van der Waals surface area contributed by atoms with E-state index in [9.17, 15) is 14.7 Å². The second-order valence-corrected chi connectivity index (χ2v) is 9.92. The number of amides is 1. The number of likely N-dealkylation sites (tertiary alicyclic amines) is 1. The lowest BCUT2D eigenvalue weighted by atomic mass is 9.94. The van der Waals surface area contributed by atoms with Gasteiger partial charge in [0.1, 0.15) is 23.9 Å². The summed E-state index contributed by atoms with van der Waals surface area (Å²) in [7, 11) is 3.83. The highest BCUT2D eigenvalue weighted by Gasteiger charge is 2.46. The minimum atomic E-state index is -0.734. The van der Waals surface area contributed by atoms with Crippen LogP contribution in [0.3, 0.4) is 0 Å². The molecule has 196 valence electrons. The minimum Gasteiger partial charge on any atom is -0.507 e. The van der Waals surface area contributed by atoms with Gasteiger partial charge in [0.2, 0.25) is 0 Å². The van der Waals surface area contributed by atoms with E-state index >= 15 is 0 Å². The van der Waals surface area contributed by atoms with E-state index in [0.717, 1.165) is 29.7 Å². The summed E-state index contributed by atoms with van der Waals surface area (Å²) in [4.78, 5) is 30.1. The Morgan fingerprint density at radius 3 is 2.66 bits per heavy atom. The Kier molecular flexibility index (Phi) is 7.47. The SMILES string of the molecule is CN(C)CCN1C(=O)C(=O)/C(=C(\O)c2ccc3c(c2)CCCO3)C1c1cccc(OCc2ccccc2)c1. The van der Waals surface area contributed by atoms with E-state index in [1.54, 1.807) is 11.0 Å². The molecule has 1 atom stereocenters. The highest BCUT2D eigenvalue weighted by Crippen LogP contribution is 2.41. The fourth-order valence-electron chi connectivity index (χ4n) is 4.94. The lowest BCUT2D eigenvalue weighted by Crippen LogP contribution is -2.35. The number of rotatable bonds is 8. The van der Waals surface area contributed by atoms with Crippen molar-refractivity contribution >= 4 is 17.4 Å². The molecule has 0 spiro atoms. The number of aliphatic hydroxyl groups excluding tert-OH is 1. The maximum Gasteiger partial charge on any atom is 0.295 e. The van der Waals surface area contributed by atoms with Gasteiger partial charge >= 0.3 is 0 Å². The zero-order chi connectivity index (χ0) is 26.6. The van der Waals surface area contributed by atoms with Gasteiger partial charge < -0.3 is 24.4 Å². The van der Waals surface area contributed by atoms with Crippen molar-refractivity contribution in [2.24, 2.45) is 0 Å². The second kappa shape index (κ2) is 11.1. The zero-order valence-corrected chi connectivity index (χ0v) is 21.7. The summed E-state index contributed by atoms with van der Waals surface area (Å²) in [5.41, 5.74) is 3.31. The first-order chi connectivity index (χ1) is 18.4. The number of benzene rings is 3. The van der Waals surface area contributed by atoms with E-state index in [2.05, 4.69) is 0 Å². The standard InChI is InChI=1S/C31H32N2O5/c1-32(2)15-16-33-28(23-10-6-12-25(19-23)38-20-21-8-4-3-5-9-21)27(30(35)31(33)36)29(34)24-13-14-26-22(18-24)11-7-17-37-26/h3-6,8-10,12-14,18-19,28,34H,7,11,15-17,20H2,1-2H3/b29-27-. The van der Waals surface area contributed by atoms with Crippen molar-refractivity contribution in [3.8, 4) is 11.5 Å². The van der Waals surface area contributed by atoms with Crippen LogP contribution in [0.25, 0.3) is 5.76 Å². The number of ketones is 1. The Hall–Kier alpha value is -4.10. The quantitative estimate of drug-likeness (QED) is 0.271. The van der Waals surface area contributed by atoms with E-state index < -0.39 is 17.7 Å². The lowest BCUT2D eigenvalue weighted by Gasteiger charge is -2.27. The summed E-state index contributed by atoms with van der Waals surface area (Å²) in [6.07, 6.45) is 1.72.